The van der Waals surface area contributed by atoms with E-state index in [1.54, 1.807) is 7.11 Å². The van der Waals surface area contributed by atoms with E-state index in [0.29, 0.717) is 18.9 Å². The van der Waals surface area contributed by atoms with Crippen LogP contribution in [0.4, 0.5) is 5.95 Å². The normalized spacial score (nSPS) is 21.2. The molecule has 3 rings (SSSR count). The fourth-order valence-electron chi connectivity index (χ4n) is 3.04. The highest BCUT2D eigenvalue weighted by Gasteiger charge is 2.34. The van der Waals surface area contributed by atoms with Crippen LogP contribution in [0.1, 0.15) is 29.4 Å². The van der Waals surface area contributed by atoms with Gasteiger partial charge in [-0.3, -0.25) is 0 Å². The maximum Gasteiger partial charge on any atom is 0.226 e. The Kier molecular flexibility index (Phi) is 3.98. The molecule has 2 heterocycles. The van der Waals surface area contributed by atoms with Crippen LogP contribution in [0.2, 0.25) is 0 Å². The first-order valence-corrected chi connectivity index (χ1v) is 7.48. The van der Waals surface area contributed by atoms with Gasteiger partial charge in [0, 0.05) is 17.9 Å². The second kappa shape index (κ2) is 5.93. The Morgan fingerprint density at radius 1 is 1.18 bits per heavy atom. The number of ether oxygens (including phenoxy) is 1. The quantitative estimate of drug-likeness (QED) is 0.943. The van der Waals surface area contributed by atoms with E-state index in [9.17, 15) is 5.11 Å². The van der Waals surface area contributed by atoms with Gasteiger partial charge in [-0.2, -0.15) is 0 Å². The van der Waals surface area contributed by atoms with Crippen LogP contribution in [0, 0.1) is 13.8 Å². The average Bonchev–Trinajstić information content (AvgIpc) is 2.88. The molecule has 5 heteroatoms. The van der Waals surface area contributed by atoms with Gasteiger partial charge in [0.2, 0.25) is 5.95 Å². The molecule has 0 bridgehead atoms. The molecular formula is C17H21N3O2. The number of aromatic nitrogens is 2. The Morgan fingerprint density at radius 2 is 1.91 bits per heavy atom. The Bertz CT molecular complexity index is 654. The van der Waals surface area contributed by atoms with Gasteiger partial charge >= 0.3 is 0 Å². The SMILES string of the molecule is COc1cccc([C@@H]2C[C@@H](O)CN2c2nc(C)cc(C)n2)c1. The van der Waals surface area contributed by atoms with Crippen LogP contribution in [-0.2, 0) is 0 Å². The molecule has 0 amide bonds. The number of benzene rings is 1. The molecule has 1 saturated heterocycles. The number of anilines is 1. The second-order valence-corrected chi connectivity index (χ2v) is 5.79. The number of methoxy groups -OCH3 is 1. The zero-order valence-electron chi connectivity index (χ0n) is 13.2. The smallest absolute Gasteiger partial charge is 0.226 e. The minimum Gasteiger partial charge on any atom is -0.497 e. The molecule has 0 spiro atoms. The van der Waals surface area contributed by atoms with Gasteiger partial charge in [-0.25, -0.2) is 9.97 Å². The third-order valence-electron chi connectivity index (χ3n) is 3.98. The van der Waals surface area contributed by atoms with Gasteiger partial charge in [-0.05, 0) is 44.0 Å². The summed E-state index contributed by atoms with van der Waals surface area (Å²) in [5.41, 5.74) is 2.99. The fraction of sp³-hybridized carbons (Fsp3) is 0.412. The third-order valence-corrected chi connectivity index (χ3v) is 3.98. The summed E-state index contributed by atoms with van der Waals surface area (Å²) < 4.78 is 5.31. The van der Waals surface area contributed by atoms with Crippen molar-refractivity contribution in [2.75, 3.05) is 18.6 Å². The largest absolute Gasteiger partial charge is 0.497 e. The highest BCUT2D eigenvalue weighted by Crippen LogP contribution is 2.35. The van der Waals surface area contributed by atoms with Crippen molar-refractivity contribution in [1.82, 2.24) is 9.97 Å². The number of nitrogens with zero attached hydrogens (tertiary/aromatic N) is 3. The molecule has 2 atom stereocenters. The highest BCUT2D eigenvalue weighted by molar-refractivity contribution is 5.42. The molecule has 116 valence electrons. The van der Waals surface area contributed by atoms with E-state index < -0.39 is 0 Å². The standard InChI is InChI=1S/C17H21N3O2/c1-11-7-12(2)19-17(18-11)20-10-14(21)9-16(20)13-5-4-6-15(8-13)22-3/h4-8,14,16,21H,9-10H2,1-3H3/t14-,16+/m1/s1. The number of β-amino-alcohol motifs (C(OH)–C–C–N with tert-alkyl or cyclic N) is 1. The van der Waals surface area contributed by atoms with Gasteiger partial charge in [0.1, 0.15) is 5.75 Å². The first-order chi connectivity index (χ1) is 10.6. The minimum atomic E-state index is -0.374. The molecule has 2 aromatic rings. The fourth-order valence-corrected chi connectivity index (χ4v) is 3.04. The van der Waals surface area contributed by atoms with Crippen LogP contribution in [0.25, 0.3) is 0 Å². The zero-order chi connectivity index (χ0) is 15.7. The Labute approximate surface area is 130 Å². The zero-order valence-corrected chi connectivity index (χ0v) is 13.2. The Morgan fingerprint density at radius 3 is 2.59 bits per heavy atom. The Balaban J connectivity index is 1.98. The number of hydrogen-bond acceptors (Lipinski definition) is 5. The summed E-state index contributed by atoms with van der Waals surface area (Å²) in [5.74, 6) is 1.50. The van der Waals surface area contributed by atoms with E-state index >= 15 is 0 Å². The van der Waals surface area contributed by atoms with E-state index in [1.165, 1.54) is 0 Å². The maximum absolute atomic E-state index is 10.1. The molecule has 1 aliphatic heterocycles. The van der Waals surface area contributed by atoms with Gasteiger partial charge in [0.05, 0.1) is 19.3 Å². The lowest BCUT2D eigenvalue weighted by Crippen LogP contribution is -2.26. The van der Waals surface area contributed by atoms with Gasteiger partial charge in [-0.1, -0.05) is 12.1 Å². The molecule has 5 nitrogen and oxygen atoms in total. The lowest BCUT2D eigenvalue weighted by Gasteiger charge is -2.25. The summed E-state index contributed by atoms with van der Waals surface area (Å²) in [5, 5.41) is 10.1. The number of rotatable bonds is 3. The summed E-state index contributed by atoms with van der Waals surface area (Å²) in [4.78, 5) is 11.2. The summed E-state index contributed by atoms with van der Waals surface area (Å²) in [6.45, 7) is 4.47. The molecule has 22 heavy (non-hydrogen) atoms. The van der Waals surface area contributed by atoms with Crippen molar-refractivity contribution in [3.8, 4) is 5.75 Å². The summed E-state index contributed by atoms with van der Waals surface area (Å²) in [6.07, 6.45) is 0.296. The van der Waals surface area contributed by atoms with Crippen LogP contribution in [0.3, 0.4) is 0 Å². The van der Waals surface area contributed by atoms with Crippen molar-refractivity contribution in [2.45, 2.75) is 32.4 Å². The predicted octanol–water partition coefficient (Wildman–Crippen LogP) is 2.41. The topological polar surface area (TPSA) is 58.5 Å². The van der Waals surface area contributed by atoms with Crippen molar-refractivity contribution < 1.29 is 9.84 Å². The van der Waals surface area contributed by atoms with Crippen LogP contribution < -0.4 is 9.64 Å². The first kappa shape index (κ1) is 14.8. The summed E-state index contributed by atoms with van der Waals surface area (Å²) >= 11 is 0. The lowest BCUT2D eigenvalue weighted by atomic mass is 10.0. The molecule has 1 aliphatic rings. The molecule has 1 aromatic heterocycles. The van der Waals surface area contributed by atoms with Crippen molar-refractivity contribution >= 4 is 5.95 Å². The van der Waals surface area contributed by atoms with Gasteiger partial charge < -0.3 is 14.7 Å². The number of hydrogen-bond donors (Lipinski definition) is 1. The first-order valence-electron chi connectivity index (χ1n) is 7.48. The molecule has 1 N–H and O–H groups in total. The number of aliphatic hydroxyl groups excluding tert-OH is 1. The van der Waals surface area contributed by atoms with Crippen molar-refractivity contribution in [3.63, 3.8) is 0 Å². The molecule has 0 saturated carbocycles. The van der Waals surface area contributed by atoms with E-state index in [2.05, 4.69) is 20.9 Å². The van der Waals surface area contributed by atoms with Crippen molar-refractivity contribution in [1.29, 1.82) is 0 Å². The second-order valence-electron chi connectivity index (χ2n) is 5.79. The minimum absolute atomic E-state index is 0.0614. The van der Waals surface area contributed by atoms with Crippen LogP contribution in [0.15, 0.2) is 30.3 Å². The van der Waals surface area contributed by atoms with Crippen molar-refractivity contribution in [2.24, 2.45) is 0 Å². The third kappa shape index (κ3) is 2.90. The van der Waals surface area contributed by atoms with Crippen molar-refractivity contribution in [3.05, 3.63) is 47.3 Å². The maximum atomic E-state index is 10.1. The van der Waals surface area contributed by atoms with Gasteiger partial charge in [0.25, 0.3) is 0 Å². The summed E-state index contributed by atoms with van der Waals surface area (Å²) in [6, 6.07) is 9.98. The van der Waals surface area contributed by atoms with E-state index in [0.717, 1.165) is 22.7 Å². The Hall–Kier alpha value is -2.14. The molecule has 0 unspecified atom stereocenters. The monoisotopic (exact) mass is 299 g/mol. The highest BCUT2D eigenvalue weighted by atomic mass is 16.5. The van der Waals surface area contributed by atoms with E-state index in [4.69, 9.17) is 4.74 Å². The van der Waals surface area contributed by atoms with E-state index in [-0.39, 0.29) is 12.1 Å². The molecule has 1 fully saturated rings. The molecule has 1 aromatic carbocycles. The van der Waals surface area contributed by atoms with Gasteiger partial charge in [0.15, 0.2) is 0 Å². The van der Waals surface area contributed by atoms with Crippen LogP contribution >= 0.6 is 0 Å². The van der Waals surface area contributed by atoms with Gasteiger partial charge in [-0.15, -0.1) is 0 Å². The molecule has 0 radical (unpaired) electrons. The van der Waals surface area contributed by atoms with Crippen LogP contribution in [0.5, 0.6) is 5.75 Å². The van der Waals surface area contributed by atoms with Crippen LogP contribution in [-0.4, -0.2) is 34.8 Å². The summed E-state index contributed by atoms with van der Waals surface area (Å²) in [7, 11) is 1.66. The number of aliphatic hydroxyl groups is 1. The lowest BCUT2D eigenvalue weighted by molar-refractivity contribution is 0.194. The average molecular weight is 299 g/mol. The molecular weight excluding hydrogens is 278 g/mol. The number of aryl methyl sites for hydroxylation is 2. The molecule has 0 aliphatic carbocycles. The van der Waals surface area contributed by atoms with E-state index in [1.807, 2.05) is 38.1 Å². The predicted molar refractivity (Wildman–Crippen MR) is 85.2 cm³/mol.